The molecule has 1 aromatic carbocycles. The van der Waals surface area contributed by atoms with Crippen LogP contribution in [0.2, 0.25) is 5.02 Å². The van der Waals surface area contributed by atoms with E-state index in [9.17, 15) is 5.11 Å². The van der Waals surface area contributed by atoms with Crippen LogP contribution in [0.5, 0.6) is 5.75 Å². The highest BCUT2D eigenvalue weighted by Crippen LogP contribution is 2.28. The number of methoxy groups -OCH3 is 1. The second kappa shape index (κ2) is 8.34. The molecule has 1 N–H and O–H groups in total. The second-order valence-corrected chi connectivity index (χ2v) is 6.16. The Balaban J connectivity index is 1.96. The van der Waals surface area contributed by atoms with Crippen LogP contribution in [0, 0.1) is 0 Å². The van der Waals surface area contributed by atoms with Gasteiger partial charge in [-0.1, -0.05) is 35.9 Å². The fraction of sp³-hybridized carbons (Fsp3) is 0.368. The zero-order chi connectivity index (χ0) is 16.8. The molecule has 0 amide bonds. The van der Waals surface area contributed by atoms with Crippen molar-refractivity contribution in [2.24, 2.45) is 0 Å². The number of hydrogen-bond donors (Lipinski definition) is 1. The van der Waals surface area contributed by atoms with E-state index in [1.165, 1.54) is 5.57 Å². The van der Waals surface area contributed by atoms with Crippen LogP contribution in [0.3, 0.4) is 0 Å². The summed E-state index contributed by atoms with van der Waals surface area (Å²) in [6.07, 6.45) is 6.01. The molecule has 4 heteroatoms. The first-order valence-corrected chi connectivity index (χ1v) is 8.03. The van der Waals surface area contributed by atoms with Crippen molar-refractivity contribution in [3.8, 4) is 5.75 Å². The van der Waals surface area contributed by atoms with Crippen molar-refractivity contribution in [2.75, 3.05) is 20.3 Å². The smallest absolute Gasteiger partial charge is 0.117 e. The molecule has 1 unspecified atom stereocenters. The minimum absolute atomic E-state index is 0.0799. The summed E-state index contributed by atoms with van der Waals surface area (Å²) in [5.74, 6) is 0.176. The maximum Gasteiger partial charge on any atom is 0.117 e. The molecule has 0 saturated heterocycles. The summed E-state index contributed by atoms with van der Waals surface area (Å²) >= 11 is 6.14. The van der Waals surface area contributed by atoms with Gasteiger partial charge in [0.05, 0.1) is 24.3 Å². The first-order valence-electron chi connectivity index (χ1n) is 7.65. The Morgan fingerprint density at radius 1 is 1.52 bits per heavy atom. The number of benzene rings is 1. The standard InChI is InChI=1S/C19H23ClO3/c1-13(10-15-5-6-16(21)11-18(15)20)4-7-19-17(8-9-23-19)14(2)12-22-3/h5-6,8,10-11,19,21H,2,4,7,9,12H2,1,3H3/b13-10+. The van der Waals surface area contributed by atoms with Gasteiger partial charge >= 0.3 is 0 Å². The highest BCUT2D eigenvalue weighted by Gasteiger charge is 2.21. The molecule has 3 nitrogen and oxygen atoms in total. The Morgan fingerprint density at radius 3 is 3.00 bits per heavy atom. The predicted octanol–water partition coefficient (Wildman–Crippen LogP) is 4.76. The van der Waals surface area contributed by atoms with Crippen molar-refractivity contribution >= 4 is 17.7 Å². The van der Waals surface area contributed by atoms with Gasteiger partial charge in [0, 0.05) is 7.11 Å². The molecule has 1 heterocycles. The zero-order valence-electron chi connectivity index (χ0n) is 13.6. The van der Waals surface area contributed by atoms with Gasteiger partial charge in [-0.15, -0.1) is 0 Å². The largest absolute Gasteiger partial charge is 0.508 e. The molecule has 1 aliphatic heterocycles. The number of phenols is 1. The van der Waals surface area contributed by atoms with Gasteiger partial charge in [0.2, 0.25) is 0 Å². The Morgan fingerprint density at radius 2 is 2.30 bits per heavy atom. The lowest BCUT2D eigenvalue weighted by atomic mass is 9.97. The van der Waals surface area contributed by atoms with Crippen LogP contribution in [-0.2, 0) is 9.47 Å². The molecule has 0 fully saturated rings. The van der Waals surface area contributed by atoms with E-state index in [1.54, 1.807) is 19.2 Å². The predicted molar refractivity (Wildman–Crippen MR) is 94.8 cm³/mol. The van der Waals surface area contributed by atoms with Crippen LogP contribution in [0.4, 0.5) is 0 Å². The summed E-state index contributed by atoms with van der Waals surface area (Å²) < 4.78 is 10.9. The highest BCUT2D eigenvalue weighted by molar-refractivity contribution is 6.32. The molecular weight excluding hydrogens is 312 g/mol. The van der Waals surface area contributed by atoms with E-state index in [-0.39, 0.29) is 11.9 Å². The molecule has 1 aromatic rings. The van der Waals surface area contributed by atoms with Crippen molar-refractivity contribution in [1.82, 2.24) is 0 Å². The van der Waals surface area contributed by atoms with Crippen LogP contribution >= 0.6 is 11.6 Å². The van der Waals surface area contributed by atoms with Gasteiger partial charge in [-0.2, -0.15) is 0 Å². The van der Waals surface area contributed by atoms with Gasteiger partial charge in [0.1, 0.15) is 5.75 Å². The first kappa shape index (κ1) is 17.8. The maximum absolute atomic E-state index is 9.40. The summed E-state index contributed by atoms with van der Waals surface area (Å²) in [6, 6.07) is 5.01. The average Bonchev–Trinajstić information content (AvgIpc) is 2.97. The summed E-state index contributed by atoms with van der Waals surface area (Å²) in [4.78, 5) is 0. The Hall–Kier alpha value is -1.55. The molecule has 0 aromatic heterocycles. The van der Waals surface area contributed by atoms with Gasteiger partial charge in [-0.05, 0) is 54.7 Å². The van der Waals surface area contributed by atoms with Crippen molar-refractivity contribution in [1.29, 1.82) is 0 Å². The van der Waals surface area contributed by atoms with Gasteiger partial charge < -0.3 is 14.6 Å². The lowest BCUT2D eigenvalue weighted by molar-refractivity contribution is 0.115. The fourth-order valence-corrected chi connectivity index (χ4v) is 2.90. The van der Waals surface area contributed by atoms with Crippen LogP contribution in [0.1, 0.15) is 25.3 Å². The number of ether oxygens (including phenoxy) is 2. The summed E-state index contributed by atoms with van der Waals surface area (Å²) in [5.41, 5.74) is 4.26. The average molecular weight is 335 g/mol. The number of rotatable bonds is 7. The minimum atomic E-state index is 0.0799. The Bertz CT molecular complexity index is 632. The molecule has 2 rings (SSSR count). The lowest BCUT2D eigenvalue weighted by Gasteiger charge is -2.16. The summed E-state index contributed by atoms with van der Waals surface area (Å²) in [6.45, 7) is 7.30. The number of aromatic hydroxyl groups is 1. The molecule has 0 spiro atoms. The van der Waals surface area contributed by atoms with Crippen molar-refractivity contribution in [3.63, 3.8) is 0 Å². The molecular formula is C19H23ClO3. The third-order valence-electron chi connectivity index (χ3n) is 3.86. The van der Waals surface area contributed by atoms with Gasteiger partial charge in [-0.3, -0.25) is 0 Å². The summed E-state index contributed by atoms with van der Waals surface area (Å²) in [7, 11) is 1.67. The number of halogens is 1. The highest BCUT2D eigenvalue weighted by atomic mass is 35.5. The van der Waals surface area contributed by atoms with Crippen LogP contribution in [-0.4, -0.2) is 31.5 Å². The van der Waals surface area contributed by atoms with E-state index < -0.39 is 0 Å². The molecule has 1 aliphatic rings. The first-order chi connectivity index (χ1) is 11.0. The van der Waals surface area contributed by atoms with Crippen LogP contribution in [0.25, 0.3) is 6.08 Å². The second-order valence-electron chi connectivity index (χ2n) is 5.75. The van der Waals surface area contributed by atoms with E-state index in [1.807, 2.05) is 12.1 Å². The van der Waals surface area contributed by atoms with Gasteiger partial charge in [0.25, 0.3) is 0 Å². The van der Waals surface area contributed by atoms with E-state index in [0.717, 1.165) is 29.6 Å². The van der Waals surface area contributed by atoms with Crippen molar-refractivity contribution < 1.29 is 14.6 Å². The molecule has 0 radical (unpaired) electrons. The maximum atomic E-state index is 9.40. The fourth-order valence-electron chi connectivity index (χ4n) is 2.67. The molecule has 1 atom stereocenters. The SMILES string of the molecule is C=C(COC)C1=CCOC1CC/C(C)=C/c1ccc(O)cc1Cl. The minimum Gasteiger partial charge on any atom is -0.508 e. The van der Waals surface area contributed by atoms with Gasteiger partial charge in [0.15, 0.2) is 0 Å². The monoisotopic (exact) mass is 334 g/mol. The van der Waals surface area contributed by atoms with E-state index in [0.29, 0.717) is 18.2 Å². The topological polar surface area (TPSA) is 38.7 Å². The van der Waals surface area contributed by atoms with E-state index >= 15 is 0 Å². The number of phenolic OH excluding ortho intramolecular Hbond substituents is 1. The normalized spacial score (nSPS) is 18.1. The number of allylic oxidation sites excluding steroid dienone is 1. The zero-order valence-corrected chi connectivity index (χ0v) is 14.4. The lowest BCUT2D eigenvalue weighted by Crippen LogP contribution is -2.13. The van der Waals surface area contributed by atoms with Crippen molar-refractivity contribution in [3.05, 3.63) is 58.2 Å². The summed E-state index contributed by atoms with van der Waals surface area (Å²) in [5, 5.41) is 9.95. The third-order valence-corrected chi connectivity index (χ3v) is 4.19. The number of hydrogen-bond acceptors (Lipinski definition) is 3. The third kappa shape index (κ3) is 4.96. The Labute approximate surface area is 142 Å². The van der Waals surface area contributed by atoms with E-state index in [2.05, 4.69) is 19.6 Å². The Kier molecular flexibility index (Phi) is 6.46. The molecule has 0 bridgehead atoms. The molecule has 23 heavy (non-hydrogen) atoms. The van der Waals surface area contributed by atoms with Gasteiger partial charge in [-0.25, -0.2) is 0 Å². The molecule has 0 aliphatic carbocycles. The van der Waals surface area contributed by atoms with Crippen LogP contribution in [0.15, 0.2) is 47.6 Å². The molecule has 0 saturated carbocycles. The van der Waals surface area contributed by atoms with Crippen LogP contribution < -0.4 is 0 Å². The molecule has 124 valence electrons. The quantitative estimate of drug-likeness (QED) is 0.781. The van der Waals surface area contributed by atoms with E-state index in [4.69, 9.17) is 21.1 Å². The van der Waals surface area contributed by atoms with Crippen molar-refractivity contribution in [2.45, 2.75) is 25.9 Å².